The molecule has 3 saturated heterocycles. The van der Waals surface area contributed by atoms with E-state index in [2.05, 4.69) is 83.5 Å². The van der Waals surface area contributed by atoms with Crippen molar-refractivity contribution in [1.29, 1.82) is 0 Å². The molecular weight excluding hydrogens is 1150 g/mol. The Hall–Kier alpha value is -6.93. The first-order valence-corrected chi connectivity index (χ1v) is 26.1. The third kappa shape index (κ3) is 8.29. The van der Waals surface area contributed by atoms with Crippen LogP contribution in [0.15, 0.2) is 179 Å². The van der Waals surface area contributed by atoms with Gasteiger partial charge in [0.25, 0.3) is 34.9 Å². The molecule has 6 aliphatic heterocycles. The number of anilines is 6. The van der Waals surface area contributed by atoms with Crippen LogP contribution in [0.2, 0.25) is 0 Å². The highest BCUT2D eigenvalue weighted by Crippen LogP contribution is 2.53. The summed E-state index contributed by atoms with van der Waals surface area (Å²) >= 11 is 10.5. The minimum absolute atomic E-state index is 0.121. The third-order valence-electron chi connectivity index (χ3n) is 14.0. The highest BCUT2D eigenvalue weighted by atomic mass is 79.9. The Bertz CT molecular complexity index is 2900. The predicted molar refractivity (Wildman–Crippen MR) is 300 cm³/mol. The minimum atomic E-state index is -1.20. The van der Waals surface area contributed by atoms with E-state index in [9.17, 15) is 14.4 Å². The lowest BCUT2D eigenvalue weighted by Gasteiger charge is -2.35. The number of ether oxygens (including phenoxy) is 6. The van der Waals surface area contributed by atoms with Crippen molar-refractivity contribution in [2.24, 2.45) is 0 Å². The fourth-order valence-corrected chi connectivity index (χ4v) is 11.9. The second-order valence-electron chi connectivity index (χ2n) is 17.8. The normalized spacial score (nSPS) is 24.3. The number of hydrogen-bond donors (Lipinski definition) is 3. The van der Waals surface area contributed by atoms with Gasteiger partial charge in [-0.05, 0) is 139 Å². The number of halogens is 3. The predicted octanol–water partition coefficient (Wildman–Crippen LogP) is 11.0. The van der Waals surface area contributed by atoms with E-state index in [1.165, 1.54) is 0 Å². The van der Waals surface area contributed by atoms with E-state index in [-0.39, 0.29) is 35.8 Å². The zero-order valence-corrected chi connectivity index (χ0v) is 45.7. The van der Waals surface area contributed by atoms with Crippen molar-refractivity contribution in [3.05, 3.63) is 195 Å². The molecule has 384 valence electrons. The largest absolute Gasteiger partial charge is 0.497 e. The summed E-state index contributed by atoms with van der Waals surface area (Å²) in [7, 11) is 4.88. The van der Waals surface area contributed by atoms with Crippen LogP contribution in [-0.2, 0) is 45.8 Å². The van der Waals surface area contributed by atoms with Crippen molar-refractivity contribution in [1.82, 2.24) is 0 Å². The van der Waals surface area contributed by atoms with E-state index >= 15 is 0 Å². The van der Waals surface area contributed by atoms with Crippen molar-refractivity contribution >= 4 is 99.6 Å². The highest BCUT2D eigenvalue weighted by molar-refractivity contribution is 9.11. The second kappa shape index (κ2) is 20.7. The zero-order chi connectivity index (χ0) is 52.8. The molecule has 0 aliphatic carbocycles. The maximum Gasteiger partial charge on any atom is 0.283 e. The number of fused-ring (bicyclic) bond motifs is 6. The van der Waals surface area contributed by atoms with Crippen LogP contribution in [0.5, 0.6) is 17.2 Å². The fourth-order valence-electron chi connectivity index (χ4n) is 10.5. The first kappa shape index (κ1) is 51.6. The summed E-state index contributed by atoms with van der Waals surface area (Å²) in [4.78, 5) is 45.0. The number of nitrogens with zero attached hydrogens (tertiary/aromatic N) is 3. The molecule has 0 saturated carbocycles. The van der Waals surface area contributed by atoms with E-state index in [1.54, 1.807) is 21.3 Å². The van der Waals surface area contributed by atoms with Gasteiger partial charge in [-0.2, -0.15) is 0 Å². The van der Waals surface area contributed by atoms with Crippen LogP contribution in [0.3, 0.4) is 0 Å². The molecule has 75 heavy (non-hydrogen) atoms. The van der Waals surface area contributed by atoms with Gasteiger partial charge in [0, 0.05) is 47.2 Å². The van der Waals surface area contributed by atoms with Crippen molar-refractivity contribution in [2.45, 2.75) is 35.3 Å². The van der Waals surface area contributed by atoms with Gasteiger partial charge in [-0.15, -0.1) is 19.7 Å². The van der Waals surface area contributed by atoms with Crippen molar-refractivity contribution in [3.63, 3.8) is 0 Å². The van der Waals surface area contributed by atoms with Crippen LogP contribution in [0.4, 0.5) is 34.1 Å². The first-order chi connectivity index (χ1) is 36.3. The van der Waals surface area contributed by atoms with Gasteiger partial charge in [-0.25, -0.2) is 0 Å². The molecule has 3 amide bonds. The smallest absolute Gasteiger partial charge is 0.283 e. The Labute approximate surface area is 459 Å². The summed E-state index contributed by atoms with van der Waals surface area (Å²) in [5.74, 6) is 1.67. The molecule has 6 aromatic carbocycles. The summed E-state index contributed by atoms with van der Waals surface area (Å²) in [5, 5.41) is 8.86. The molecule has 6 atom stereocenters. The minimum Gasteiger partial charge on any atom is -0.497 e. The Kier molecular flexibility index (Phi) is 14.2. The third-order valence-corrected chi connectivity index (χ3v) is 16.0. The second-order valence-corrected chi connectivity index (χ2v) is 20.4. The molecule has 3 fully saturated rings. The quantitative estimate of drug-likeness (QED) is 0.118. The van der Waals surface area contributed by atoms with Gasteiger partial charge in [-0.1, -0.05) is 54.6 Å². The average Bonchev–Trinajstić information content (AvgIpc) is 4.30. The van der Waals surface area contributed by atoms with Gasteiger partial charge < -0.3 is 59.1 Å². The van der Waals surface area contributed by atoms with Crippen LogP contribution in [0, 0.1) is 0 Å². The molecule has 0 radical (unpaired) electrons. The van der Waals surface area contributed by atoms with Crippen LogP contribution >= 0.6 is 47.8 Å². The monoisotopic (exact) mass is 1200 g/mol. The number of benzene rings is 6. The molecular formula is C57H51Br3N6O9. The van der Waals surface area contributed by atoms with Crippen molar-refractivity contribution in [3.8, 4) is 17.2 Å². The molecule has 18 heteroatoms. The number of carbonyl (C=O) groups excluding carboxylic acids is 3. The molecule has 12 rings (SSSR count). The molecule has 0 unspecified atom stereocenters. The Morgan fingerprint density at radius 1 is 0.453 bits per heavy atom. The van der Waals surface area contributed by atoms with E-state index < -0.39 is 17.2 Å². The van der Waals surface area contributed by atoms with Gasteiger partial charge >= 0.3 is 0 Å². The molecule has 3 N–H and O–H groups in total. The lowest BCUT2D eigenvalue weighted by atomic mass is 10.0. The number of hydrogen-bond acceptors (Lipinski definition) is 12. The summed E-state index contributed by atoms with van der Waals surface area (Å²) in [6, 6.07) is 39.6. The number of para-hydroxylation sites is 3. The van der Waals surface area contributed by atoms with E-state index in [1.807, 2.05) is 160 Å². The number of methoxy groups -OCH3 is 3. The van der Waals surface area contributed by atoms with Gasteiger partial charge in [0.2, 0.25) is 0 Å². The van der Waals surface area contributed by atoms with Crippen LogP contribution in [0.1, 0.15) is 16.7 Å². The summed E-state index contributed by atoms with van der Waals surface area (Å²) in [6.07, 6.45) is 5.42. The van der Waals surface area contributed by atoms with Crippen molar-refractivity contribution < 1.29 is 42.8 Å². The van der Waals surface area contributed by atoms with Crippen molar-refractivity contribution in [2.75, 3.05) is 71.8 Å². The molecule has 6 aliphatic rings. The molecule has 15 nitrogen and oxygen atoms in total. The summed E-state index contributed by atoms with van der Waals surface area (Å²) in [5.41, 5.74) is 3.63. The zero-order valence-electron chi connectivity index (χ0n) is 41.0. The maximum absolute atomic E-state index is 13.0. The molecule has 0 aromatic heterocycles. The van der Waals surface area contributed by atoms with E-state index in [4.69, 9.17) is 28.4 Å². The van der Waals surface area contributed by atoms with Crippen LogP contribution in [0.25, 0.3) is 0 Å². The van der Waals surface area contributed by atoms with Gasteiger partial charge in [-0.3, -0.25) is 14.4 Å². The number of rotatable bonds is 9. The Morgan fingerprint density at radius 3 is 0.933 bits per heavy atom. The van der Waals surface area contributed by atoms with Crippen LogP contribution < -0.4 is 44.9 Å². The van der Waals surface area contributed by atoms with Gasteiger partial charge in [0.05, 0.1) is 76.3 Å². The molecule has 3 spiro atoms. The maximum atomic E-state index is 13.0. The molecule has 6 heterocycles. The van der Waals surface area contributed by atoms with E-state index in [0.717, 1.165) is 81.5 Å². The number of carbonyl (C=O) groups is 3. The number of nitrogens with one attached hydrogen (secondary N) is 3. The molecule has 0 bridgehead atoms. The Morgan fingerprint density at radius 2 is 0.707 bits per heavy atom. The van der Waals surface area contributed by atoms with Gasteiger partial charge in [0.15, 0.2) is 0 Å². The summed E-state index contributed by atoms with van der Waals surface area (Å²) < 4.78 is 36.5. The molecule has 6 aromatic rings. The SMILES string of the molecule is C=C[C@@H]1CO[C@@]2(C(=O)Nc3c(Br)cccc32)N1c1ccc(OC)cc1.C=C[C@@H]1CO[C@@]2(C(=O)Nc3c(Br)cccc32)N1c1ccc(OC)cc1.C=C[C@@H]1CO[C@@]2(C(=O)Nc3c(Br)cccc32)N1c1ccc(OC)cc1. The van der Waals surface area contributed by atoms with E-state index in [0.29, 0.717) is 19.8 Å². The number of amides is 3. The topological polar surface area (TPSA) is 152 Å². The standard InChI is InChI=1S/3C19H17BrN2O3/c3*1-3-12-11-25-19(22(12)13-7-9-14(24-2)10-8-13)15-5-4-6-16(20)17(15)21-18(19)23/h3*3-10,12H,1,11H2,2H3,(H,21,23)/t3*12-,19+/m111/s1. The van der Waals surface area contributed by atoms with Gasteiger partial charge in [0.1, 0.15) is 17.2 Å². The highest BCUT2D eigenvalue weighted by Gasteiger charge is 2.61. The first-order valence-electron chi connectivity index (χ1n) is 23.8. The van der Waals surface area contributed by atoms with Crippen LogP contribution in [-0.4, -0.2) is 77.0 Å². The lowest BCUT2D eigenvalue weighted by Crippen LogP contribution is -2.50. The fraction of sp³-hybridized carbons (Fsp3) is 0.211. The average molecular weight is 1200 g/mol. The lowest BCUT2D eigenvalue weighted by molar-refractivity contribution is -0.135. The Balaban J connectivity index is 0.000000128. The summed E-state index contributed by atoms with van der Waals surface area (Å²) in [6.45, 7) is 12.9.